The second kappa shape index (κ2) is 19.5. The molecule has 17 heteroatoms. The van der Waals surface area contributed by atoms with Crippen molar-refractivity contribution < 1.29 is 56.8 Å². The van der Waals surface area contributed by atoms with E-state index >= 15 is 0 Å². The Hall–Kier alpha value is -4.64. The Labute approximate surface area is 247 Å². The van der Waals surface area contributed by atoms with Crippen LogP contribution in [0.2, 0.25) is 0 Å². The van der Waals surface area contributed by atoms with Gasteiger partial charge in [0.25, 0.3) is 0 Å². The molecule has 0 aliphatic carbocycles. The number of guanidine groups is 1. The highest BCUT2D eigenvalue weighted by molar-refractivity contribution is 8.14. The average molecular weight is 631 g/mol. The number of nitrogens with two attached hydrogens (primary N) is 1. The van der Waals surface area contributed by atoms with Gasteiger partial charge in [-0.05, 0) is 24.0 Å². The second-order valence-corrected chi connectivity index (χ2v) is 9.14. The lowest BCUT2D eigenvalue weighted by Crippen LogP contribution is -2.44. The number of carbonyl (C=O) groups is 5. The zero-order chi connectivity index (χ0) is 32.3. The quantitative estimate of drug-likeness (QED) is 0.138. The van der Waals surface area contributed by atoms with Gasteiger partial charge >= 0.3 is 30.3 Å². The Balaban J connectivity index is 0.00000117. The van der Waals surface area contributed by atoms with Crippen molar-refractivity contribution in [2.45, 2.75) is 38.3 Å². The van der Waals surface area contributed by atoms with Crippen molar-refractivity contribution in [2.24, 2.45) is 10.7 Å². The molecule has 0 aromatic heterocycles. The van der Waals surface area contributed by atoms with Crippen LogP contribution in [0, 0.1) is 0 Å². The Morgan fingerprint density at radius 2 is 1.30 bits per heavy atom. The zero-order valence-corrected chi connectivity index (χ0v) is 23.2. The van der Waals surface area contributed by atoms with Crippen LogP contribution in [0.15, 0.2) is 65.7 Å². The van der Waals surface area contributed by atoms with Gasteiger partial charge in [0.1, 0.15) is 13.2 Å². The van der Waals surface area contributed by atoms with Crippen LogP contribution in [0.4, 0.5) is 22.8 Å². The molecule has 0 aliphatic rings. The van der Waals surface area contributed by atoms with Gasteiger partial charge in [0.2, 0.25) is 11.1 Å². The van der Waals surface area contributed by atoms with E-state index < -0.39 is 41.5 Å². The van der Waals surface area contributed by atoms with Gasteiger partial charge in [0, 0.05) is 6.54 Å². The number of alkyl halides is 3. The number of nitrogens with zero attached hydrogens (tertiary/aromatic N) is 1. The summed E-state index contributed by atoms with van der Waals surface area (Å²) in [5.74, 6) is -4.41. The number of benzene rings is 2. The lowest BCUT2D eigenvalue weighted by atomic mass is 10.2. The number of hydrogen-bond donors (Lipinski definition) is 5. The molecule has 2 aromatic carbocycles. The van der Waals surface area contributed by atoms with Crippen molar-refractivity contribution in [1.82, 2.24) is 10.6 Å². The van der Waals surface area contributed by atoms with Crippen LogP contribution in [0.5, 0.6) is 0 Å². The van der Waals surface area contributed by atoms with Crippen molar-refractivity contribution >= 4 is 47.0 Å². The molecule has 6 N–H and O–H groups in total. The molecule has 0 radical (unpaired) electrons. The minimum absolute atomic E-state index is 0.0172. The summed E-state index contributed by atoms with van der Waals surface area (Å²) in [7, 11) is 0. The first-order valence-electron chi connectivity index (χ1n) is 12.2. The molecule has 43 heavy (non-hydrogen) atoms. The van der Waals surface area contributed by atoms with E-state index in [0.717, 1.165) is 11.1 Å². The van der Waals surface area contributed by atoms with Crippen molar-refractivity contribution in [3.63, 3.8) is 0 Å². The Bertz CT molecular complexity index is 1170. The highest BCUT2D eigenvalue weighted by Gasteiger charge is 2.38. The lowest BCUT2D eigenvalue weighted by molar-refractivity contribution is -0.192. The van der Waals surface area contributed by atoms with Gasteiger partial charge in [0.05, 0.1) is 11.8 Å². The monoisotopic (exact) mass is 630 g/mol. The molecular formula is C26H29F3N4O9S. The second-order valence-electron chi connectivity index (χ2n) is 8.16. The fourth-order valence-corrected chi connectivity index (χ4v) is 3.28. The van der Waals surface area contributed by atoms with Crippen LogP contribution >= 0.6 is 11.8 Å². The molecule has 0 bridgehead atoms. The molecule has 13 nitrogen and oxygen atoms in total. The van der Waals surface area contributed by atoms with E-state index in [1.165, 1.54) is 0 Å². The number of thioether (sulfide) groups is 1. The summed E-state index contributed by atoms with van der Waals surface area (Å²) in [6.07, 6.45) is -6.18. The maximum Gasteiger partial charge on any atom is 0.490 e. The molecule has 2 amide bonds. The molecular weight excluding hydrogens is 601 g/mol. The molecule has 234 valence electrons. The van der Waals surface area contributed by atoms with Crippen LogP contribution in [-0.4, -0.2) is 69.9 Å². The Morgan fingerprint density at radius 1 is 0.860 bits per heavy atom. The van der Waals surface area contributed by atoms with Crippen LogP contribution in [-0.2, 0) is 37.1 Å². The number of rotatable bonds is 11. The third kappa shape index (κ3) is 17.7. The normalized spacial score (nSPS) is 11.1. The molecule has 0 unspecified atom stereocenters. The number of carbonyl (C=O) groups excluding carboxylic acids is 3. The summed E-state index contributed by atoms with van der Waals surface area (Å²) >= 11 is 0.635. The zero-order valence-electron chi connectivity index (χ0n) is 22.4. The molecule has 0 spiro atoms. The molecule has 0 saturated heterocycles. The van der Waals surface area contributed by atoms with E-state index in [1.807, 2.05) is 36.4 Å². The predicted octanol–water partition coefficient (Wildman–Crippen LogP) is 3.28. The van der Waals surface area contributed by atoms with Crippen LogP contribution in [0.25, 0.3) is 0 Å². The number of aliphatic carboxylic acids is 2. The fraction of sp³-hybridized carbons (Fsp3) is 0.308. The van der Waals surface area contributed by atoms with Gasteiger partial charge in [-0.3, -0.25) is 25.2 Å². The SMILES string of the molecule is N[C@@H](CCCN=C(NC(=O)OCc1ccccc1)NC(=O)OCc1ccccc1)C(=O)SCC(=O)O.O=C(O)C(F)(F)F. The maximum absolute atomic E-state index is 12.2. The summed E-state index contributed by atoms with van der Waals surface area (Å²) in [5, 5.41) is 20.1. The van der Waals surface area contributed by atoms with Crippen molar-refractivity contribution in [2.75, 3.05) is 12.3 Å². The van der Waals surface area contributed by atoms with E-state index in [0.29, 0.717) is 18.2 Å². The first kappa shape index (κ1) is 36.4. The minimum atomic E-state index is -5.08. The molecule has 1 atom stereocenters. The van der Waals surface area contributed by atoms with Gasteiger partial charge in [-0.2, -0.15) is 13.2 Å². The average Bonchev–Trinajstić information content (AvgIpc) is 2.96. The number of amides is 2. The molecule has 0 aliphatic heterocycles. The number of nitrogens with one attached hydrogen (secondary N) is 2. The molecule has 2 aromatic rings. The number of hydrogen-bond acceptors (Lipinski definition) is 10. The predicted molar refractivity (Wildman–Crippen MR) is 148 cm³/mol. The van der Waals surface area contributed by atoms with Crippen molar-refractivity contribution in [3.8, 4) is 0 Å². The van der Waals surface area contributed by atoms with Gasteiger partial charge in [0.15, 0.2) is 0 Å². The molecule has 2 rings (SSSR count). The summed E-state index contributed by atoms with van der Waals surface area (Å²) in [4.78, 5) is 59.9. The summed E-state index contributed by atoms with van der Waals surface area (Å²) < 4.78 is 42.0. The van der Waals surface area contributed by atoms with Gasteiger partial charge < -0.3 is 25.4 Å². The number of alkyl carbamates (subject to hydrolysis) is 2. The highest BCUT2D eigenvalue weighted by Crippen LogP contribution is 2.13. The van der Waals surface area contributed by atoms with Crippen LogP contribution < -0.4 is 16.4 Å². The lowest BCUT2D eigenvalue weighted by Gasteiger charge is -2.12. The minimum Gasteiger partial charge on any atom is -0.481 e. The standard InChI is InChI=1S/C24H28N4O7S.C2HF3O2/c25-19(21(31)36-16-20(29)30)12-7-13-26-22(27-23(32)34-14-17-8-3-1-4-9-17)28-24(33)35-15-18-10-5-2-6-11-18;3-2(4,5)1(6)7/h1-6,8-11,19H,7,12-16,25H2,(H,29,30)(H2,26,27,28,32,33);(H,6,7)/t19-;/m0./s1. The fourth-order valence-electron chi connectivity index (χ4n) is 2.68. The topological polar surface area (TPSA) is 207 Å². The largest absolute Gasteiger partial charge is 0.490 e. The first-order valence-corrected chi connectivity index (χ1v) is 13.2. The summed E-state index contributed by atoms with van der Waals surface area (Å²) in [6, 6.07) is 17.2. The number of ether oxygens (including phenoxy) is 2. The van der Waals surface area contributed by atoms with Crippen molar-refractivity contribution in [3.05, 3.63) is 71.8 Å². The number of aliphatic imine (C=N–C) groups is 1. The molecule has 0 saturated carbocycles. The van der Waals surface area contributed by atoms with Gasteiger partial charge in [-0.25, -0.2) is 14.4 Å². The van der Waals surface area contributed by atoms with E-state index in [2.05, 4.69) is 15.6 Å². The first-order chi connectivity index (χ1) is 20.3. The van der Waals surface area contributed by atoms with E-state index in [-0.39, 0.29) is 37.9 Å². The smallest absolute Gasteiger partial charge is 0.481 e. The van der Waals surface area contributed by atoms with Crippen LogP contribution in [0.1, 0.15) is 24.0 Å². The van der Waals surface area contributed by atoms with Gasteiger partial charge in [-0.15, -0.1) is 0 Å². The molecule has 0 heterocycles. The maximum atomic E-state index is 12.2. The molecule has 0 fully saturated rings. The van der Waals surface area contributed by atoms with E-state index in [4.69, 9.17) is 30.2 Å². The number of carboxylic acid groups (broad SMARTS) is 2. The van der Waals surface area contributed by atoms with Crippen LogP contribution in [0.3, 0.4) is 0 Å². The van der Waals surface area contributed by atoms with E-state index in [9.17, 15) is 32.3 Å². The highest BCUT2D eigenvalue weighted by atomic mass is 32.2. The number of carboxylic acids is 2. The Kier molecular flexibility index (Phi) is 16.5. The summed E-state index contributed by atoms with van der Waals surface area (Å²) in [6.45, 7) is 0.143. The number of halogens is 3. The summed E-state index contributed by atoms with van der Waals surface area (Å²) in [5.41, 5.74) is 7.34. The van der Waals surface area contributed by atoms with Gasteiger partial charge in [-0.1, -0.05) is 72.4 Å². The van der Waals surface area contributed by atoms with E-state index in [1.54, 1.807) is 24.3 Å². The van der Waals surface area contributed by atoms with Crippen molar-refractivity contribution in [1.29, 1.82) is 0 Å². The Morgan fingerprint density at radius 3 is 1.70 bits per heavy atom. The third-order valence-corrected chi connectivity index (χ3v) is 5.67. The third-order valence-electron chi connectivity index (χ3n) is 4.69.